The second kappa shape index (κ2) is 48.1. The molecule has 64 heavy (non-hydrogen) atoms. The zero-order chi connectivity index (χ0) is 47.0. The average molecular weight is 906 g/mol. The minimum absolute atomic E-state index is 0.000793. The highest BCUT2D eigenvalue weighted by Crippen LogP contribution is 2.19. The van der Waals surface area contributed by atoms with E-state index in [9.17, 15) is 19.2 Å². The highest BCUT2D eigenvalue weighted by Gasteiger charge is 2.19. The van der Waals surface area contributed by atoms with E-state index in [4.69, 9.17) is 23.7 Å². The number of esters is 3. The normalized spacial score (nSPS) is 12.1. The molecule has 1 atom stereocenters. The molecule has 0 spiro atoms. The van der Waals surface area contributed by atoms with Crippen molar-refractivity contribution in [3.8, 4) is 0 Å². The third-order valence-electron chi connectivity index (χ3n) is 11.8. The maximum Gasteiger partial charge on any atom is 0.508 e. The summed E-state index contributed by atoms with van der Waals surface area (Å²) in [5.74, 6) is -1.34. The van der Waals surface area contributed by atoms with Crippen LogP contribution in [0.2, 0.25) is 0 Å². The zero-order valence-corrected chi connectivity index (χ0v) is 42.2. The lowest BCUT2D eigenvalue weighted by Crippen LogP contribution is -2.27. The molecular formula is C54H99NO9. The van der Waals surface area contributed by atoms with E-state index in [1.54, 1.807) is 0 Å². The van der Waals surface area contributed by atoms with Crippen LogP contribution in [0.3, 0.4) is 0 Å². The van der Waals surface area contributed by atoms with Gasteiger partial charge >= 0.3 is 24.1 Å². The Labute approximate surface area is 393 Å². The molecule has 0 heterocycles. The fourth-order valence-corrected chi connectivity index (χ4v) is 7.53. The van der Waals surface area contributed by atoms with E-state index in [1.807, 2.05) is 0 Å². The van der Waals surface area contributed by atoms with Crippen LogP contribution in [0.4, 0.5) is 4.79 Å². The van der Waals surface area contributed by atoms with Crippen molar-refractivity contribution in [3.63, 3.8) is 0 Å². The molecule has 0 aliphatic heterocycles. The van der Waals surface area contributed by atoms with Gasteiger partial charge in [0.25, 0.3) is 0 Å². The van der Waals surface area contributed by atoms with E-state index in [0.717, 1.165) is 90.3 Å². The third-order valence-corrected chi connectivity index (χ3v) is 11.8. The molecule has 10 heteroatoms. The fourth-order valence-electron chi connectivity index (χ4n) is 7.53. The number of rotatable bonds is 47. The first-order valence-corrected chi connectivity index (χ1v) is 26.6. The Morgan fingerprint density at radius 2 is 0.859 bits per heavy atom. The molecule has 0 saturated heterocycles. The number of hydrogen-bond acceptors (Lipinski definition) is 10. The summed E-state index contributed by atoms with van der Waals surface area (Å²) < 4.78 is 27.7. The topological polar surface area (TPSA) is 118 Å². The quantitative estimate of drug-likeness (QED) is 0.0253. The van der Waals surface area contributed by atoms with E-state index < -0.39 is 12.1 Å². The van der Waals surface area contributed by atoms with Gasteiger partial charge in [0, 0.05) is 25.8 Å². The van der Waals surface area contributed by atoms with Crippen molar-refractivity contribution in [2.24, 2.45) is 5.92 Å². The van der Waals surface area contributed by atoms with Gasteiger partial charge in [0.15, 0.2) is 0 Å². The molecule has 0 rings (SSSR count). The van der Waals surface area contributed by atoms with Gasteiger partial charge in [0.05, 0.1) is 12.5 Å². The number of hydrogen-bond donors (Lipinski definition) is 0. The number of allylic oxidation sites excluding steroid dienone is 4. The van der Waals surface area contributed by atoms with Crippen LogP contribution in [-0.2, 0) is 38.1 Å². The number of carbonyl (C=O) groups excluding carboxylic acids is 4. The number of ether oxygens (including phenoxy) is 5. The molecule has 10 nitrogen and oxygen atoms in total. The Hall–Kier alpha value is -2.88. The molecular weight excluding hydrogens is 807 g/mol. The van der Waals surface area contributed by atoms with Crippen LogP contribution in [0.25, 0.3) is 0 Å². The van der Waals surface area contributed by atoms with Crippen LogP contribution >= 0.6 is 0 Å². The minimum atomic E-state index is -0.790. The Bertz CT molecular complexity index is 1120. The van der Waals surface area contributed by atoms with Gasteiger partial charge in [-0.15, -0.1) is 0 Å². The smallest absolute Gasteiger partial charge is 0.465 e. The van der Waals surface area contributed by atoms with Crippen molar-refractivity contribution in [2.45, 2.75) is 246 Å². The number of nitrogens with zero attached hydrogens (tertiary/aromatic N) is 1. The van der Waals surface area contributed by atoms with Crippen LogP contribution in [0, 0.1) is 5.92 Å². The predicted molar refractivity (Wildman–Crippen MR) is 263 cm³/mol. The SMILES string of the molecule is CCCCC/C=C\C/C=C\CCCCCCCC(=O)OCC(COC(=O)CCCCCC(=O)OC(CCCCCCCC)CCCCCCCC)COC(=O)OCCCN(CC)CC. The standard InChI is InChI=1S/C54H99NO9/c1-6-11-14-17-20-21-22-23-24-25-26-27-28-31-35-41-51(56)61-46-49(48-63-54(59)60-45-38-44-55(9-4)10-5)47-62-52(57)42-36-32-37-43-53(58)64-50(39-33-29-18-15-12-7-2)40-34-30-19-16-13-8-3/h20-21,23-24,49-50H,6-19,22,25-48H2,1-5H3/b21-20-,24-23-. The molecule has 0 aliphatic rings. The molecule has 0 bridgehead atoms. The minimum Gasteiger partial charge on any atom is -0.465 e. The van der Waals surface area contributed by atoms with E-state index in [0.29, 0.717) is 38.5 Å². The largest absolute Gasteiger partial charge is 0.508 e. The van der Waals surface area contributed by atoms with Gasteiger partial charge in [-0.25, -0.2) is 4.79 Å². The highest BCUT2D eigenvalue weighted by molar-refractivity contribution is 5.70. The van der Waals surface area contributed by atoms with Gasteiger partial charge in [-0.1, -0.05) is 162 Å². The Balaban J connectivity index is 4.68. The lowest BCUT2D eigenvalue weighted by molar-refractivity contribution is -0.151. The van der Waals surface area contributed by atoms with Crippen LogP contribution in [-0.4, -0.2) is 81.1 Å². The van der Waals surface area contributed by atoms with Crippen LogP contribution in [0.5, 0.6) is 0 Å². The molecule has 0 aromatic carbocycles. The summed E-state index contributed by atoms with van der Waals surface area (Å²) in [7, 11) is 0. The van der Waals surface area contributed by atoms with Crippen molar-refractivity contribution < 1.29 is 42.9 Å². The van der Waals surface area contributed by atoms with Crippen molar-refractivity contribution >= 4 is 24.1 Å². The summed E-state index contributed by atoms with van der Waals surface area (Å²) in [6.07, 6.45) is 40.6. The van der Waals surface area contributed by atoms with Crippen molar-refractivity contribution in [2.75, 3.05) is 46.1 Å². The molecule has 0 radical (unpaired) electrons. The molecule has 0 aliphatic carbocycles. The Morgan fingerprint density at radius 3 is 1.39 bits per heavy atom. The summed E-state index contributed by atoms with van der Waals surface area (Å²) in [6.45, 7) is 13.7. The Kier molecular flexibility index (Phi) is 45.9. The van der Waals surface area contributed by atoms with E-state index in [1.165, 1.54) is 89.9 Å². The van der Waals surface area contributed by atoms with Crippen molar-refractivity contribution in [3.05, 3.63) is 24.3 Å². The van der Waals surface area contributed by atoms with Gasteiger partial charge in [-0.3, -0.25) is 14.4 Å². The van der Waals surface area contributed by atoms with Crippen LogP contribution in [0.1, 0.15) is 240 Å². The summed E-state index contributed by atoms with van der Waals surface area (Å²) in [4.78, 5) is 52.7. The molecule has 0 amide bonds. The number of carbonyl (C=O) groups is 4. The molecule has 374 valence electrons. The summed E-state index contributed by atoms with van der Waals surface area (Å²) in [5.41, 5.74) is 0. The number of unbranched alkanes of at least 4 members (excludes halogenated alkanes) is 20. The maximum atomic E-state index is 12.8. The lowest BCUT2D eigenvalue weighted by Gasteiger charge is -2.18. The second-order valence-electron chi connectivity index (χ2n) is 17.8. The summed E-state index contributed by atoms with van der Waals surface area (Å²) in [5, 5.41) is 0. The maximum absolute atomic E-state index is 12.8. The fraction of sp³-hybridized carbons (Fsp3) is 0.852. The average Bonchev–Trinajstić information content (AvgIpc) is 3.29. The van der Waals surface area contributed by atoms with E-state index >= 15 is 0 Å². The van der Waals surface area contributed by atoms with Gasteiger partial charge in [0.1, 0.15) is 25.9 Å². The zero-order valence-electron chi connectivity index (χ0n) is 42.2. The van der Waals surface area contributed by atoms with Crippen molar-refractivity contribution in [1.29, 1.82) is 0 Å². The first kappa shape index (κ1) is 61.1. The van der Waals surface area contributed by atoms with Gasteiger partial charge in [0.2, 0.25) is 0 Å². The Morgan fingerprint density at radius 1 is 0.438 bits per heavy atom. The van der Waals surface area contributed by atoms with E-state index in [2.05, 4.69) is 63.8 Å². The highest BCUT2D eigenvalue weighted by atomic mass is 16.7. The monoisotopic (exact) mass is 906 g/mol. The second-order valence-corrected chi connectivity index (χ2v) is 17.8. The van der Waals surface area contributed by atoms with Crippen LogP contribution in [0.15, 0.2) is 24.3 Å². The summed E-state index contributed by atoms with van der Waals surface area (Å²) in [6, 6.07) is 0. The predicted octanol–water partition coefficient (Wildman–Crippen LogP) is 14.8. The lowest BCUT2D eigenvalue weighted by atomic mass is 10.0. The molecule has 1 unspecified atom stereocenters. The van der Waals surface area contributed by atoms with Crippen LogP contribution < -0.4 is 0 Å². The summed E-state index contributed by atoms with van der Waals surface area (Å²) >= 11 is 0. The molecule has 0 aromatic rings. The molecule has 0 saturated carbocycles. The first-order valence-electron chi connectivity index (χ1n) is 26.6. The van der Waals surface area contributed by atoms with E-state index in [-0.39, 0.29) is 56.9 Å². The molecule has 0 aromatic heterocycles. The van der Waals surface area contributed by atoms with Gasteiger partial charge < -0.3 is 28.6 Å². The molecule has 0 fully saturated rings. The van der Waals surface area contributed by atoms with Gasteiger partial charge in [-0.2, -0.15) is 0 Å². The van der Waals surface area contributed by atoms with Gasteiger partial charge in [-0.05, 0) is 96.6 Å². The first-order chi connectivity index (χ1) is 31.3. The van der Waals surface area contributed by atoms with Crippen molar-refractivity contribution in [1.82, 2.24) is 4.90 Å². The molecule has 0 N–H and O–H groups in total. The third kappa shape index (κ3) is 43.0.